The maximum Gasteiger partial charge on any atom is 0.261 e. The second kappa shape index (κ2) is 6.72. The Bertz CT molecular complexity index is 1310. The number of benzene rings is 1. The molecule has 0 aliphatic carbocycles. The molecular formula is C22H18N4O3. The third-order valence-corrected chi connectivity index (χ3v) is 5.22. The number of pyridine rings is 1. The van der Waals surface area contributed by atoms with Gasteiger partial charge in [0.25, 0.3) is 11.8 Å². The molecule has 0 spiro atoms. The summed E-state index contributed by atoms with van der Waals surface area (Å²) < 4.78 is 3.81. The van der Waals surface area contributed by atoms with Crippen LogP contribution in [-0.2, 0) is 16.1 Å². The van der Waals surface area contributed by atoms with Gasteiger partial charge in [0.05, 0.1) is 23.0 Å². The fourth-order valence-corrected chi connectivity index (χ4v) is 3.95. The molecule has 4 heterocycles. The SMILES string of the molecule is O=C1NC(=O)C(c2cnc3ccccn23)=C1c1cn(CCCO)c2ccccc12. The van der Waals surface area contributed by atoms with Gasteiger partial charge in [-0.3, -0.25) is 19.3 Å². The molecule has 0 fully saturated rings. The minimum Gasteiger partial charge on any atom is -0.396 e. The molecule has 1 aromatic carbocycles. The molecule has 0 saturated heterocycles. The van der Waals surface area contributed by atoms with E-state index in [1.807, 2.05) is 59.4 Å². The van der Waals surface area contributed by atoms with E-state index < -0.39 is 11.8 Å². The van der Waals surface area contributed by atoms with Gasteiger partial charge < -0.3 is 9.67 Å². The first-order valence-electron chi connectivity index (χ1n) is 9.40. The van der Waals surface area contributed by atoms with Crippen molar-refractivity contribution in [3.63, 3.8) is 0 Å². The van der Waals surface area contributed by atoms with Crippen molar-refractivity contribution in [3.05, 3.63) is 72.3 Å². The van der Waals surface area contributed by atoms with Crippen molar-refractivity contribution in [3.8, 4) is 0 Å². The van der Waals surface area contributed by atoms with Gasteiger partial charge in [-0.15, -0.1) is 0 Å². The Kier molecular flexibility index (Phi) is 4.03. The third-order valence-electron chi connectivity index (χ3n) is 5.22. The van der Waals surface area contributed by atoms with E-state index in [0.29, 0.717) is 41.0 Å². The maximum atomic E-state index is 12.8. The van der Waals surface area contributed by atoms with Crippen LogP contribution in [0.2, 0.25) is 0 Å². The van der Waals surface area contributed by atoms with Crippen molar-refractivity contribution in [1.29, 1.82) is 0 Å². The number of aryl methyl sites for hydroxylation is 1. The molecule has 1 aliphatic rings. The molecule has 144 valence electrons. The average Bonchev–Trinajstić information content (AvgIpc) is 3.39. The minimum atomic E-state index is -0.428. The van der Waals surface area contributed by atoms with E-state index >= 15 is 0 Å². The number of amides is 2. The zero-order valence-electron chi connectivity index (χ0n) is 15.5. The summed E-state index contributed by atoms with van der Waals surface area (Å²) in [5.74, 6) is -0.844. The molecule has 0 atom stereocenters. The number of aliphatic hydroxyl groups excluding tert-OH is 1. The van der Waals surface area contributed by atoms with Crippen molar-refractivity contribution in [2.24, 2.45) is 0 Å². The molecule has 0 unspecified atom stereocenters. The number of hydrogen-bond donors (Lipinski definition) is 2. The molecule has 7 nitrogen and oxygen atoms in total. The lowest BCUT2D eigenvalue weighted by Gasteiger charge is -2.04. The van der Waals surface area contributed by atoms with Crippen LogP contribution in [0.5, 0.6) is 0 Å². The van der Waals surface area contributed by atoms with Crippen LogP contribution in [0.15, 0.2) is 61.1 Å². The lowest BCUT2D eigenvalue weighted by Crippen LogP contribution is -2.23. The summed E-state index contributed by atoms with van der Waals surface area (Å²) in [7, 11) is 0. The Hall–Kier alpha value is -3.71. The highest BCUT2D eigenvalue weighted by Crippen LogP contribution is 2.36. The van der Waals surface area contributed by atoms with Crippen LogP contribution in [0.25, 0.3) is 27.7 Å². The second-order valence-electron chi connectivity index (χ2n) is 6.94. The van der Waals surface area contributed by atoms with E-state index in [4.69, 9.17) is 0 Å². The standard InChI is InChI=1S/C22H18N4O3/c27-11-5-9-25-13-15(14-6-1-2-7-16(14)25)19-20(22(29)24-21(19)28)17-12-23-18-8-3-4-10-26(17)18/h1-4,6-8,10,12-13,27H,5,9,11H2,(H,24,28,29). The molecule has 29 heavy (non-hydrogen) atoms. The summed E-state index contributed by atoms with van der Waals surface area (Å²) in [5.41, 5.74) is 3.59. The summed E-state index contributed by atoms with van der Waals surface area (Å²) in [6.45, 7) is 0.696. The lowest BCUT2D eigenvalue weighted by molar-refractivity contribution is -0.122. The molecule has 4 aromatic rings. The molecule has 2 amide bonds. The van der Waals surface area contributed by atoms with Crippen molar-refractivity contribution >= 4 is 39.5 Å². The normalized spacial score (nSPS) is 14.4. The number of imidazole rings is 1. The van der Waals surface area contributed by atoms with Gasteiger partial charge in [-0.25, -0.2) is 4.98 Å². The molecule has 0 radical (unpaired) electrons. The molecule has 2 N–H and O–H groups in total. The number of aromatic nitrogens is 3. The topological polar surface area (TPSA) is 88.6 Å². The molecule has 0 saturated carbocycles. The first-order chi connectivity index (χ1) is 14.2. The van der Waals surface area contributed by atoms with Gasteiger partial charge in [-0.1, -0.05) is 24.3 Å². The Morgan fingerprint density at radius 2 is 1.79 bits per heavy atom. The molecule has 3 aromatic heterocycles. The molecule has 0 bridgehead atoms. The minimum absolute atomic E-state index is 0.0799. The number of nitrogens with zero attached hydrogens (tertiary/aromatic N) is 3. The highest BCUT2D eigenvalue weighted by molar-refractivity contribution is 6.49. The van der Waals surface area contributed by atoms with Gasteiger partial charge in [0, 0.05) is 42.0 Å². The predicted octanol–water partition coefficient (Wildman–Crippen LogP) is 2.24. The van der Waals surface area contributed by atoms with Crippen LogP contribution in [0.3, 0.4) is 0 Å². The molecular weight excluding hydrogens is 368 g/mol. The van der Waals surface area contributed by atoms with Gasteiger partial charge in [-0.05, 0) is 24.6 Å². The zero-order valence-corrected chi connectivity index (χ0v) is 15.5. The molecule has 5 rings (SSSR count). The van der Waals surface area contributed by atoms with Crippen LogP contribution < -0.4 is 5.32 Å². The quantitative estimate of drug-likeness (QED) is 0.515. The van der Waals surface area contributed by atoms with Gasteiger partial charge >= 0.3 is 0 Å². The fraction of sp³-hybridized carbons (Fsp3) is 0.136. The summed E-state index contributed by atoms with van der Waals surface area (Å²) >= 11 is 0. The Balaban J connectivity index is 1.79. The first kappa shape index (κ1) is 17.4. The number of aliphatic hydroxyl groups is 1. The van der Waals surface area contributed by atoms with Crippen LogP contribution >= 0.6 is 0 Å². The number of carbonyl (C=O) groups is 2. The predicted molar refractivity (Wildman–Crippen MR) is 109 cm³/mol. The Morgan fingerprint density at radius 3 is 2.66 bits per heavy atom. The summed E-state index contributed by atoms with van der Waals surface area (Å²) in [4.78, 5) is 29.9. The van der Waals surface area contributed by atoms with Crippen molar-refractivity contribution < 1.29 is 14.7 Å². The molecule has 1 aliphatic heterocycles. The molecule has 7 heteroatoms. The average molecular weight is 386 g/mol. The summed E-state index contributed by atoms with van der Waals surface area (Å²) in [6.07, 6.45) is 5.93. The number of fused-ring (bicyclic) bond motifs is 2. The smallest absolute Gasteiger partial charge is 0.261 e. The van der Waals surface area contributed by atoms with Crippen molar-refractivity contribution in [2.45, 2.75) is 13.0 Å². The number of carbonyl (C=O) groups excluding carboxylic acids is 2. The summed E-state index contributed by atoms with van der Waals surface area (Å²) in [6, 6.07) is 13.3. The van der Waals surface area contributed by atoms with Crippen LogP contribution in [-0.4, -0.2) is 37.5 Å². The van der Waals surface area contributed by atoms with E-state index in [2.05, 4.69) is 10.3 Å². The van der Waals surface area contributed by atoms with Gasteiger partial charge in [0.15, 0.2) is 0 Å². The second-order valence-corrected chi connectivity index (χ2v) is 6.94. The number of hydrogen-bond acceptors (Lipinski definition) is 4. The lowest BCUT2D eigenvalue weighted by atomic mass is 9.99. The van der Waals surface area contributed by atoms with Crippen LogP contribution in [0.1, 0.15) is 17.7 Å². The number of rotatable bonds is 5. The van der Waals surface area contributed by atoms with Crippen LogP contribution in [0.4, 0.5) is 0 Å². The Morgan fingerprint density at radius 1 is 1.00 bits per heavy atom. The number of nitrogens with one attached hydrogen (secondary N) is 1. The number of para-hydroxylation sites is 1. The van der Waals surface area contributed by atoms with E-state index in [1.54, 1.807) is 10.6 Å². The summed E-state index contributed by atoms with van der Waals surface area (Å²) in [5, 5.41) is 12.6. The van der Waals surface area contributed by atoms with Gasteiger partial charge in [-0.2, -0.15) is 0 Å². The van der Waals surface area contributed by atoms with E-state index in [-0.39, 0.29) is 6.61 Å². The van der Waals surface area contributed by atoms with Crippen molar-refractivity contribution in [2.75, 3.05) is 6.61 Å². The largest absolute Gasteiger partial charge is 0.396 e. The maximum absolute atomic E-state index is 12.8. The van der Waals surface area contributed by atoms with Crippen LogP contribution in [0, 0.1) is 0 Å². The Labute approximate surface area is 165 Å². The highest BCUT2D eigenvalue weighted by atomic mass is 16.3. The van der Waals surface area contributed by atoms with Gasteiger partial charge in [0.1, 0.15) is 5.65 Å². The third kappa shape index (κ3) is 2.67. The van der Waals surface area contributed by atoms with E-state index in [1.165, 1.54) is 0 Å². The first-order valence-corrected chi connectivity index (χ1v) is 9.40. The monoisotopic (exact) mass is 386 g/mol. The highest BCUT2D eigenvalue weighted by Gasteiger charge is 2.35. The van der Waals surface area contributed by atoms with E-state index in [9.17, 15) is 14.7 Å². The zero-order chi connectivity index (χ0) is 20.0. The van der Waals surface area contributed by atoms with Crippen molar-refractivity contribution in [1.82, 2.24) is 19.3 Å². The fourth-order valence-electron chi connectivity index (χ4n) is 3.95. The van der Waals surface area contributed by atoms with Gasteiger partial charge in [0.2, 0.25) is 0 Å². The van der Waals surface area contributed by atoms with E-state index in [0.717, 1.165) is 10.9 Å². The number of imide groups is 1.